The van der Waals surface area contributed by atoms with Crippen LogP contribution in [0, 0.1) is 5.92 Å². The quantitative estimate of drug-likeness (QED) is 0.635. The number of carbonyl (C=O) groups is 2. The van der Waals surface area contributed by atoms with Gasteiger partial charge < -0.3 is 20.5 Å². The second-order valence-corrected chi connectivity index (χ2v) is 4.75. The maximum absolute atomic E-state index is 11.5. The number of carbonyl (C=O) groups excluding carboxylic acids is 1. The number of carboxylic acid groups (broad SMARTS) is 1. The molecule has 1 saturated heterocycles. The number of amides is 2. The van der Waals surface area contributed by atoms with Crippen LogP contribution in [-0.4, -0.2) is 42.9 Å². The molecule has 6 heteroatoms. The summed E-state index contributed by atoms with van der Waals surface area (Å²) in [6.07, 6.45) is 2.51. The van der Waals surface area contributed by atoms with E-state index in [0.717, 1.165) is 26.1 Å². The summed E-state index contributed by atoms with van der Waals surface area (Å²) >= 11 is 0. The van der Waals surface area contributed by atoms with Crippen LogP contribution >= 0.6 is 0 Å². The minimum atomic E-state index is -0.842. The molecule has 0 aromatic rings. The number of nitrogens with one attached hydrogen (secondary N) is 2. The first-order valence-electron chi connectivity index (χ1n) is 6.42. The SMILES string of the molecule is CC(CCC(=O)O)NC(=O)NCCC1CCOC1. The lowest BCUT2D eigenvalue weighted by atomic mass is 10.1. The first-order chi connectivity index (χ1) is 8.58. The third-order valence-electron chi connectivity index (χ3n) is 3.03. The smallest absolute Gasteiger partial charge is 0.314 e. The lowest BCUT2D eigenvalue weighted by molar-refractivity contribution is -0.137. The number of rotatable bonds is 7. The third kappa shape index (κ3) is 6.44. The Morgan fingerprint density at radius 1 is 1.50 bits per heavy atom. The molecule has 0 radical (unpaired) electrons. The second kappa shape index (κ2) is 7.92. The Morgan fingerprint density at radius 2 is 2.28 bits per heavy atom. The van der Waals surface area contributed by atoms with Crippen molar-refractivity contribution in [3.63, 3.8) is 0 Å². The van der Waals surface area contributed by atoms with Gasteiger partial charge in [-0.25, -0.2) is 4.79 Å². The minimum absolute atomic E-state index is 0.0703. The van der Waals surface area contributed by atoms with Crippen LogP contribution in [0.4, 0.5) is 4.79 Å². The molecule has 2 amide bonds. The topological polar surface area (TPSA) is 87.7 Å². The zero-order valence-corrected chi connectivity index (χ0v) is 10.8. The summed E-state index contributed by atoms with van der Waals surface area (Å²) in [4.78, 5) is 21.8. The molecule has 1 heterocycles. The Balaban J connectivity index is 2.03. The zero-order valence-electron chi connectivity index (χ0n) is 10.8. The molecule has 1 aliphatic rings. The molecule has 3 N–H and O–H groups in total. The van der Waals surface area contributed by atoms with Crippen LogP contribution in [0.3, 0.4) is 0 Å². The van der Waals surface area contributed by atoms with E-state index < -0.39 is 5.97 Å². The van der Waals surface area contributed by atoms with E-state index in [1.165, 1.54) is 0 Å². The van der Waals surface area contributed by atoms with Crippen LogP contribution in [0.1, 0.15) is 32.6 Å². The fourth-order valence-corrected chi connectivity index (χ4v) is 1.89. The fourth-order valence-electron chi connectivity index (χ4n) is 1.89. The molecule has 0 aromatic heterocycles. The van der Waals surface area contributed by atoms with Gasteiger partial charge in [0.1, 0.15) is 0 Å². The predicted molar refractivity (Wildman–Crippen MR) is 66.4 cm³/mol. The highest BCUT2D eigenvalue weighted by Gasteiger charge is 2.15. The van der Waals surface area contributed by atoms with Gasteiger partial charge >= 0.3 is 12.0 Å². The number of hydrogen-bond acceptors (Lipinski definition) is 3. The van der Waals surface area contributed by atoms with Crippen molar-refractivity contribution in [1.82, 2.24) is 10.6 Å². The molecule has 2 unspecified atom stereocenters. The summed E-state index contributed by atoms with van der Waals surface area (Å²) in [5.41, 5.74) is 0. The van der Waals surface area contributed by atoms with Crippen molar-refractivity contribution < 1.29 is 19.4 Å². The number of aliphatic carboxylic acids is 1. The van der Waals surface area contributed by atoms with Crippen LogP contribution in [0.25, 0.3) is 0 Å². The van der Waals surface area contributed by atoms with Gasteiger partial charge in [-0.1, -0.05) is 0 Å². The molecule has 0 bridgehead atoms. The highest BCUT2D eigenvalue weighted by molar-refractivity contribution is 5.74. The molecule has 1 aliphatic heterocycles. The van der Waals surface area contributed by atoms with Crippen molar-refractivity contribution in [3.8, 4) is 0 Å². The lowest BCUT2D eigenvalue weighted by Crippen LogP contribution is -2.41. The Kier molecular flexibility index (Phi) is 6.49. The number of urea groups is 1. The third-order valence-corrected chi connectivity index (χ3v) is 3.03. The average molecular weight is 258 g/mol. The van der Waals surface area contributed by atoms with Crippen molar-refractivity contribution in [2.75, 3.05) is 19.8 Å². The maximum atomic E-state index is 11.5. The van der Waals surface area contributed by atoms with Crippen LogP contribution < -0.4 is 10.6 Å². The van der Waals surface area contributed by atoms with Crippen LogP contribution in [-0.2, 0) is 9.53 Å². The van der Waals surface area contributed by atoms with Crippen molar-refractivity contribution in [1.29, 1.82) is 0 Å². The molecule has 0 spiro atoms. The number of hydrogen-bond donors (Lipinski definition) is 3. The second-order valence-electron chi connectivity index (χ2n) is 4.75. The van der Waals surface area contributed by atoms with Gasteiger partial charge in [-0.05, 0) is 32.1 Å². The van der Waals surface area contributed by atoms with E-state index in [0.29, 0.717) is 18.9 Å². The minimum Gasteiger partial charge on any atom is -0.481 e. The summed E-state index contributed by atoms with van der Waals surface area (Å²) in [5, 5.41) is 14.0. The van der Waals surface area contributed by atoms with E-state index in [-0.39, 0.29) is 18.5 Å². The Bertz CT molecular complexity index is 277. The van der Waals surface area contributed by atoms with Gasteiger partial charge in [-0.2, -0.15) is 0 Å². The predicted octanol–water partition coefficient (Wildman–Crippen LogP) is 0.965. The average Bonchev–Trinajstić information content (AvgIpc) is 2.79. The van der Waals surface area contributed by atoms with Crippen molar-refractivity contribution in [2.24, 2.45) is 5.92 Å². The largest absolute Gasteiger partial charge is 0.481 e. The van der Waals surface area contributed by atoms with Crippen molar-refractivity contribution in [2.45, 2.75) is 38.6 Å². The van der Waals surface area contributed by atoms with E-state index in [2.05, 4.69) is 10.6 Å². The normalized spacial score (nSPS) is 20.4. The van der Waals surface area contributed by atoms with Crippen LogP contribution in [0.5, 0.6) is 0 Å². The molecule has 2 atom stereocenters. The molecule has 0 saturated carbocycles. The fraction of sp³-hybridized carbons (Fsp3) is 0.833. The lowest BCUT2D eigenvalue weighted by Gasteiger charge is -2.14. The van der Waals surface area contributed by atoms with Gasteiger partial charge in [0, 0.05) is 32.2 Å². The van der Waals surface area contributed by atoms with Crippen molar-refractivity contribution in [3.05, 3.63) is 0 Å². The van der Waals surface area contributed by atoms with Gasteiger partial charge in [0.05, 0.1) is 0 Å². The first kappa shape index (κ1) is 14.8. The summed E-state index contributed by atoms with van der Waals surface area (Å²) < 4.78 is 5.25. The molecular formula is C12H22N2O4. The molecule has 1 rings (SSSR count). The van der Waals surface area contributed by atoms with Gasteiger partial charge in [-0.15, -0.1) is 0 Å². The molecular weight excluding hydrogens is 236 g/mol. The highest BCUT2D eigenvalue weighted by Crippen LogP contribution is 2.14. The molecule has 104 valence electrons. The zero-order chi connectivity index (χ0) is 13.4. The van der Waals surface area contributed by atoms with E-state index in [1.54, 1.807) is 6.92 Å². The Hall–Kier alpha value is -1.30. The van der Waals surface area contributed by atoms with Gasteiger partial charge in [0.25, 0.3) is 0 Å². The molecule has 6 nitrogen and oxygen atoms in total. The van der Waals surface area contributed by atoms with E-state index in [4.69, 9.17) is 9.84 Å². The summed E-state index contributed by atoms with van der Waals surface area (Å²) in [6, 6.07) is -0.359. The Morgan fingerprint density at radius 3 is 2.89 bits per heavy atom. The molecule has 0 aromatic carbocycles. The van der Waals surface area contributed by atoms with Crippen LogP contribution in [0.15, 0.2) is 0 Å². The maximum Gasteiger partial charge on any atom is 0.314 e. The molecule has 18 heavy (non-hydrogen) atoms. The highest BCUT2D eigenvalue weighted by atomic mass is 16.5. The van der Waals surface area contributed by atoms with E-state index >= 15 is 0 Å². The van der Waals surface area contributed by atoms with Crippen molar-refractivity contribution >= 4 is 12.0 Å². The van der Waals surface area contributed by atoms with Crippen LogP contribution in [0.2, 0.25) is 0 Å². The Labute approximate surface area is 107 Å². The summed E-state index contributed by atoms with van der Waals surface area (Å²) in [5.74, 6) is -0.292. The number of carboxylic acids is 1. The molecule has 1 fully saturated rings. The standard InChI is InChI=1S/C12H22N2O4/c1-9(2-3-11(15)16)14-12(17)13-6-4-10-5-7-18-8-10/h9-10H,2-8H2,1H3,(H,15,16)(H2,13,14,17). The summed E-state index contributed by atoms with van der Waals surface area (Å²) in [6.45, 7) is 4.04. The van der Waals surface area contributed by atoms with E-state index in [1.807, 2.05) is 0 Å². The van der Waals surface area contributed by atoms with Gasteiger partial charge in [0.2, 0.25) is 0 Å². The van der Waals surface area contributed by atoms with Gasteiger partial charge in [0.15, 0.2) is 0 Å². The first-order valence-corrected chi connectivity index (χ1v) is 6.42. The summed E-state index contributed by atoms with van der Waals surface area (Å²) in [7, 11) is 0. The van der Waals surface area contributed by atoms with Gasteiger partial charge in [-0.3, -0.25) is 4.79 Å². The number of ether oxygens (including phenoxy) is 1. The van der Waals surface area contributed by atoms with E-state index in [9.17, 15) is 9.59 Å². The monoisotopic (exact) mass is 258 g/mol. The molecule has 0 aliphatic carbocycles.